The maximum Gasteiger partial charge on any atom is 0.232 e. The van der Waals surface area contributed by atoms with Crippen molar-refractivity contribution in [2.45, 2.75) is 19.0 Å². The number of hydrogen-bond donors (Lipinski definition) is 0. The molecule has 0 saturated carbocycles. The molecule has 23 heavy (non-hydrogen) atoms. The largest absolute Gasteiger partial charge is 0.378 e. The maximum absolute atomic E-state index is 5.45. The predicted molar refractivity (Wildman–Crippen MR) is 94.7 cm³/mol. The standard InChI is InChI=1S/C17H22N4OS/c1-13(2)12-23-17-19-18-16(20-8-10-22-11-9-20)21(17)15-6-4-14(3)5-7-15/h4-7H,1,8-12H2,2-3H3. The first-order valence-electron chi connectivity index (χ1n) is 7.77. The lowest BCUT2D eigenvalue weighted by atomic mass is 10.2. The molecule has 1 saturated heterocycles. The third-order valence-electron chi connectivity index (χ3n) is 3.65. The number of aryl methyl sites for hydroxylation is 1. The van der Waals surface area contributed by atoms with Crippen molar-refractivity contribution in [3.8, 4) is 5.69 Å². The second-order valence-electron chi connectivity index (χ2n) is 5.80. The van der Waals surface area contributed by atoms with Crippen LogP contribution in [0.2, 0.25) is 0 Å². The first-order valence-corrected chi connectivity index (χ1v) is 8.76. The molecule has 0 atom stereocenters. The van der Waals surface area contributed by atoms with Gasteiger partial charge >= 0.3 is 0 Å². The van der Waals surface area contributed by atoms with Gasteiger partial charge in [-0.25, -0.2) is 0 Å². The summed E-state index contributed by atoms with van der Waals surface area (Å²) in [5, 5.41) is 9.77. The molecule has 0 bridgehead atoms. The van der Waals surface area contributed by atoms with E-state index in [-0.39, 0.29) is 0 Å². The highest BCUT2D eigenvalue weighted by Crippen LogP contribution is 2.28. The zero-order chi connectivity index (χ0) is 16.2. The summed E-state index contributed by atoms with van der Waals surface area (Å²) >= 11 is 1.67. The molecule has 1 aliphatic heterocycles. The van der Waals surface area contributed by atoms with E-state index >= 15 is 0 Å². The van der Waals surface area contributed by atoms with Crippen LogP contribution in [0.1, 0.15) is 12.5 Å². The molecule has 1 aromatic heterocycles. The fraction of sp³-hybridized carbons (Fsp3) is 0.412. The third-order valence-corrected chi connectivity index (χ3v) is 4.81. The quantitative estimate of drug-likeness (QED) is 0.622. The summed E-state index contributed by atoms with van der Waals surface area (Å²) in [7, 11) is 0. The number of hydrogen-bond acceptors (Lipinski definition) is 5. The van der Waals surface area contributed by atoms with E-state index in [1.54, 1.807) is 11.8 Å². The Labute approximate surface area is 141 Å². The van der Waals surface area contributed by atoms with Gasteiger partial charge in [-0.15, -0.1) is 10.2 Å². The summed E-state index contributed by atoms with van der Waals surface area (Å²) in [4.78, 5) is 2.24. The molecule has 0 radical (unpaired) electrons. The van der Waals surface area contributed by atoms with Gasteiger partial charge in [-0.2, -0.15) is 0 Å². The molecule has 2 heterocycles. The number of nitrogens with zero attached hydrogens (tertiary/aromatic N) is 4. The van der Waals surface area contributed by atoms with Crippen LogP contribution in [0.25, 0.3) is 5.69 Å². The van der Waals surface area contributed by atoms with E-state index in [4.69, 9.17) is 4.74 Å². The van der Waals surface area contributed by atoms with Crippen molar-refractivity contribution in [3.63, 3.8) is 0 Å². The topological polar surface area (TPSA) is 43.2 Å². The van der Waals surface area contributed by atoms with Gasteiger partial charge in [0.1, 0.15) is 0 Å². The van der Waals surface area contributed by atoms with Crippen LogP contribution in [0.3, 0.4) is 0 Å². The van der Waals surface area contributed by atoms with E-state index in [0.717, 1.165) is 54.4 Å². The first-order chi connectivity index (χ1) is 11.1. The van der Waals surface area contributed by atoms with Crippen LogP contribution in [0.15, 0.2) is 41.6 Å². The Morgan fingerprint density at radius 2 is 1.91 bits per heavy atom. The van der Waals surface area contributed by atoms with Crippen molar-refractivity contribution in [1.82, 2.24) is 14.8 Å². The van der Waals surface area contributed by atoms with Gasteiger partial charge in [-0.1, -0.05) is 41.6 Å². The Bertz CT molecular complexity index is 674. The normalized spacial score (nSPS) is 15.0. The third kappa shape index (κ3) is 3.76. The monoisotopic (exact) mass is 330 g/mol. The second kappa shape index (κ2) is 7.19. The Morgan fingerprint density at radius 1 is 1.22 bits per heavy atom. The lowest BCUT2D eigenvalue weighted by Gasteiger charge is -2.28. The van der Waals surface area contributed by atoms with Crippen LogP contribution >= 0.6 is 11.8 Å². The van der Waals surface area contributed by atoms with E-state index in [2.05, 4.69) is 57.4 Å². The highest BCUT2D eigenvalue weighted by molar-refractivity contribution is 7.99. The number of thioether (sulfide) groups is 1. The highest BCUT2D eigenvalue weighted by atomic mass is 32.2. The average Bonchev–Trinajstić information content (AvgIpc) is 2.98. The SMILES string of the molecule is C=C(C)CSc1nnc(N2CCOCC2)n1-c1ccc(C)cc1. The van der Waals surface area contributed by atoms with Crippen molar-refractivity contribution >= 4 is 17.7 Å². The van der Waals surface area contributed by atoms with Gasteiger partial charge in [0.05, 0.1) is 18.9 Å². The minimum atomic E-state index is 0.731. The van der Waals surface area contributed by atoms with Crippen molar-refractivity contribution in [2.24, 2.45) is 0 Å². The van der Waals surface area contributed by atoms with E-state index < -0.39 is 0 Å². The summed E-state index contributed by atoms with van der Waals surface area (Å²) in [5.74, 6) is 1.73. The van der Waals surface area contributed by atoms with E-state index in [1.165, 1.54) is 5.56 Å². The van der Waals surface area contributed by atoms with Crippen LogP contribution in [-0.4, -0.2) is 46.8 Å². The van der Waals surface area contributed by atoms with Gasteiger partial charge in [-0.05, 0) is 26.0 Å². The van der Waals surface area contributed by atoms with Gasteiger partial charge in [0.15, 0.2) is 5.16 Å². The van der Waals surface area contributed by atoms with Gasteiger partial charge in [0.2, 0.25) is 5.95 Å². The number of rotatable bonds is 5. The van der Waals surface area contributed by atoms with Crippen LogP contribution in [0.5, 0.6) is 0 Å². The molecule has 1 aromatic carbocycles. The maximum atomic E-state index is 5.45. The fourth-order valence-electron chi connectivity index (χ4n) is 2.43. The molecule has 0 unspecified atom stereocenters. The Balaban J connectivity index is 1.98. The molecule has 1 aliphatic rings. The van der Waals surface area contributed by atoms with E-state index in [0.29, 0.717) is 0 Å². The van der Waals surface area contributed by atoms with Crippen molar-refractivity contribution < 1.29 is 4.74 Å². The van der Waals surface area contributed by atoms with Crippen LogP contribution < -0.4 is 4.90 Å². The molecule has 0 amide bonds. The Hall–Kier alpha value is -1.79. The molecule has 0 spiro atoms. The highest BCUT2D eigenvalue weighted by Gasteiger charge is 2.21. The summed E-state index contributed by atoms with van der Waals surface area (Å²) in [6.45, 7) is 11.2. The average molecular weight is 330 g/mol. The van der Waals surface area contributed by atoms with Crippen LogP contribution in [-0.2, 0) is 4.74 Å². The van der Waals surface area contributed by atoms with Crippen LogP contribution in [0.4, 0.5) is 5.95 Å². The van der Waals surface area contributed by atoms with E-state index in [1.807, 2.05) is 6.92 Å². The van der Waals surface area contributed by atoms with Gasteiger partial charge in [0.25, 0.3) is 0 Å². The van der Waals surface area contributed by atoms with Crippen molar-refractivity contribution in [1.29, 1.82) is 0 Å². The predicted octanol–water partition coefficient (Wildman–Crippen LogP) is 3.08. The van der Waals surface area contributed by atoms with Gasteiger partial charge in [-0.3, -0.25) is 4.57 Å². The minimum absolute atomic E-state index is 0.731. The smallest absolute Gasteiger partial charge is 0.232 e. The number of anilines is 1. The summed E-state index contributed by atoms with van der Waals surface area (Å²) < 4.78 is 7.59. The fourth-order valence-corrected chi connectivity index (χ4v) is 3.22. The van der Waals surface area contributed by atoms with Crippen molar-refractivity contribution in [2.75, 3.05) is 37.0 Å². The molecule has 5 nitrogen and oxygen atoms in total. The second-order valence-corrected chi connectivity index (χ2v) is 6.74. The van der Waals surface area contributed by atoms with Crippen molar-refractivity contribution in [3.05, 3.63) is 42.0 Å². The Kier molecular flexibility index (Phi) is 5.03. The molecule has 1 fully saturated rings. The molecular weight excluding hydrogens is 308 g/mol. The number of morpholine rings is 1. The molecule has 3 rings (SSSR count). The van der Waals surface area contributed by atoms with Gasteiger partial charge < -0.3 is 9.64 Å². The number of ether oxygens (including phenoxy) is 1. The minimum Gasteiger partial charge on any atom is -0.378 e. The number of aromatic nitrogens is 3. The molecule has 122 valence electrons. The summed E-state index contributed by atoms with van der Waals surface area (Å²) in [5.41, 5.74) is 3.46. The lowest BCUT2D eigenvalue weighted by molar-refractivity contribution is 0.122. The number of benzene rings is 1. The molecule has 2 aromatic rings. The molecule has 6 heteroatoms. The molecular formula is C17H22N4OS. The zero-order valence-electron chi connectivity index (χ0n) is 13.7. The van der Waals surface area contributed by atoms with E-state index in [9.17, 15) is 0 Å². The van der Waals surface area contributed by atoms with Gasteiger partial charge in [0, 0.05) is 18.8 Å². The molecule has 0 N–H and O–H groups in total. The molecule has 0 aliphatic carbocycles. The summed E-state index contributed by atoms with van der Waals surface area (Å²) in [6, 6.07) is 8.47. The summed E-state index contributed by atoms with van der Waals surface area (Å²) in [6.07, 6.45) is 0. The lowest BCUT2D eigenvalue weighted by Crippen LogP contribution is -2.37. The first kappa shape index (κ1) is 16.1. The Morgan fingerprint density at radius 3 is 2.57 bits per heavy atom. The zero-order valence-corrected chi connectivity index (χ0v) is 14.5. The van der Waals surface area contributed by atoms with Crippen LogP contribution in [0, 0.1) is 6.92 Å².